The minimum absolute atomic E-state index is 0.0309. The molecule has 3 rings (SSSR count). The minimum atomic E-state index is -0.0884. The van der Waals surface area contributed by atoms with Crippen LogP contribution in [0.5, 0.6) is 0 Å². The first-order chi connectivity index (χ1) is 11.0. The summed E-state index contributed by atoms with van der Waals surface area (Å²) >= 11 is 5.93. The summed E-state index contributed by atoms with van der Waals surface area (Å²) in [5.41, 5.74) is 0.574. The summed E-state index contributed by atoms with van der Waals surface area (Å²) in [6.45, 7) is 2.54. The maximum Gasteiger partial charge on any atom is 0.268 e. The summed E-state index contributed by atoms with van der Waals surface area (Å²) in [4.78, 5) is 28.5. The Morgan fingerprint density at radius 1 is 1.22 bits per heavy atom. The Hall–Kier alpha value is -1.53. The van der Waals surface area contributed by atoms with Crippen molar-refractivity contribution in [1.29, 1.82) is 0 Å². The van der Waals surface area contributed by atoms with Crippen LogP contribution in [-0.4, -0.2) is 64.9 Å². The molecule has 1 N–H and O–H groups in total. The third-order valence-corrected chi connectivity index (χ3v) is 5.12. The van der Waals surface area contributed by atoms with Crippen LogP contribution in [0.4, 0.5) is 0 Å². The Morgan fingerprint density at radius 2 is 1.91 bits per heavy atom. The van der Waals surface area contributed by atoms with Gasteiger partial charge in [-0.1, -0.05) is 11.6 Å². The third kappa shape index (κ3) is 3.38. The molecule has 0 aromatic carbocycles. The molecule has 1 aromatic rings. The van der Waals surface area contributed by atoms with Crippen LogP contribution in [0.2, 0.25) is 5.02 Å². The van der Waals surface area contributed by atoms with Crippen molar-refractivity contribution in [1.82, 2.24) is 19.7 Å². The predicted octanol–water partition coefficient (Wildman–Crippen LogP) is 1.10. The summed E-state index contributed by atoms with van der Waals surface area (Å²) in [6.07, 6.45) is 4.38. The molecule has 3 heterocycles. The fraction of sp³-hybridized carbons (Fsp3) is 0.625. The average Bonchev–Trinajstić information content (AvgIpc) is 3.03. The zero-order valence-electron chi connectivity index (χ0n) is 13.6. The van der Waals surface area contributed by atoms with E-state index in [0.717, 1.165) is 38.9 Å². The smallest absolute Gasteiger partial charge is 0.268 e. The topological polar surface area (TPSA) is 57.6 Å². The molecule has 2 aliphatic rings. The second-order valence-corrected chi connectivity index (χ2v) is 6.94. The van der Waals surface area contributed by atoms with Crippen molar-refractivity contribution in [2.45, 2.75) is 31.3 Å². The number of aryl methyl sites for hydroxylation is 1. The lowest BCUT2D eigenvalue weighted by Crippen LogP contribution is -2.50. The Morgan fingerprint density at radius 3 is 2.43 bits per heavy atom. The number of carbonyl (C=O) groups excluding carboxylic acids is 2. The zero-order valence-corrected chi connectivity index (χ0v) is 14.3. The maximum absolute atomic E-state index is 12.3. The molecule has 1 aromatic heterocycles. The minimum Gasteiger partial charge on any atom is -0.348 e. The van der Waals surface area contributed by atoms with E-state index in [9.17, 15) is 9.59 Å². The summed E-state index contributed by atoms with van der Waals surface area (Å²) in [7, 11) is 3.67. The van der Waals surface area contributed by atoms with Gasteiger partial charge in [-0.25, -0.2) is 0 Å². The van der Waals surface area contributed by atoms with Gasteiger partial charge in [-0.05, 0) is 25.3 Å². The molecule has 2 amide bonds. The lowest BCUT2D eigenvalue weighted by Gasteiger charge is -2.35. The fourth-order valence-corrected chi connectivity index (χ4v) is 3.76. The Labute approximate surface area is 141 Å². The quantitative estimate of drug-likeness (QED) is 0.898. The highest BCUT2D eigenvalue weighted by Crippen LogP contribution is 2.21. The number of halogens is 1. The maximum atomic E-state index is 12.3. The largest absolute Gasteiger partial charge is 0.348 e. The van der Waals surface area contributed by atoms with E-state index in [1.807, 2.05) is 14.1 Å². The van der Waals surface area contributed by atoms with Crippen molar-refractivity contribution in [2.24, 2.45) is 7.05 Å². The first-order valence-electron chi connectivity index (χ1n) is 8.07. The van der Waals surface area contributed by atoms with Crippen LogP contribution in [-0.2, 0) is 11.8 Å². The summed E-state index contributed by atoms with van der Waals surface area (Å²) in [6, 6.07) is 1.86. The number of aromatic nitrogens is 1. The van der Waals surface area contributed by atoms with Crippen molar-refractivity contribution in [2.75, 3.05) is 26.7 Å². The van der Waals surface area contributed by atoms with E-state index >= 15 is 0 Å². The van der Waals surface area contributed by atoms with E-state index in [4.69, 9.17) is 11.6 Å². The number of amides is 2. The van der Waals surface area contributed by atoms with Gasteiger partial charge >= 0.3 is 0 Å². The number of likely N-dealkylation sites (N-methyl/N-ethyl adjacent to an activating group) is 1. The van der Waals surface area contributed by atoms with Crippen LogP contribution in [0.25, 0.3) is 0 Å². The van der Waals surface area contributed by atoms with Crippen LogP contribution in [0.1, 0.15) is 29.8 Å². The summed E-state index contributed by atoms with van der Waals surface area (Å²) < 4.78 is 1.74. The predicted molar refractivity (Wildman–Crippen MR) is 88.5 cm³/mol. The Balaban J connectivity index is 1.52. The SMILES string of the molecule is CN1CC[C@H](N2CCC(NC(=O)c3cc(Cl)cn3C)CC2)C1=O. The number of nitrogens with one attached hydrogen (secondary N) is 1. The van der Waals surface area contributed by atoms with Crippen molar-refractivity contribution in [3.05, 3.63) is 23.0 Å². The molecular weight excluding hydrogens is 316 g/mol. The van der Waals surface area contributed by atoms with Gasteiger partial charge in [0.25, 0.3) is 5.91 Å². The molecule has 1 atom stereocenters. The molecule has 23 heavy (non-hydrogen) atoms. The molecule has 126 valence electrons. The molecule has 7 heteroatoms. The van der Waals surface area contributed by atoms with Crippen molar-refractivity contribution in [3.8, 4) is 0 Å². The van der Waals surface area contributed by atoms with E-state index in [1.165, 1.54) is 0 Å². The molecule has 6 nitrogen and oxygen atoms in total. The van der Waals surface area contributed by atoms with Gasteiger partial charge in [-0.3, -0.25) is 14.5 Å². The average molecular weight is 339 g/mol. The lowest BCUT2D eigenvalue weighted by atomic mass is 10.0. The Kier molecular flexibility index (Phi) is 4.64. The number of nitrogens with zero attached hydrogens (tertiary/aromatic N) is 3. The Bertz CT molecular complexity index is 607. The lowest BCUT2D eigenvalue weighted by molar-refractivity contribution is -0.131. The van der Waals surface area contributed by atoms with Crippen LogP contribution in [0.3, 0.4) is 0 Å². The number of rotatable bonds is 3. The van der Waals surface area contributed by atoms with Crippen LogP contribution < -0.4 is 5.32 Å². The molecule has 2 fully saturated rings. The normalized spacial score (nSPS) is 23.5. The van der Waals surface area contributed by atoms with Crippen molar-refractivity contribution in [3.63, 3.8) is 0 Å². The van der Waals surface area contributed by atoms with Gasteiger partial charge in [0.05, 0.1) is 11.1 Å². The molecule has 0 aliphatic carbocycles. The van der Waals surface area contributed by atoms with Crippen LogP contribution >= 0.6 is 11.6 Å². The van der Waals surface area contributed by atoms with E-state index in [1.54, 1.807) is 21.7 Å². The van der Waals surface area contributed by atoms with Gasteiger partial charge in [0.2, 0.25) is 5.91 Å². The van der Waals surface area contributed by atoms with Gasteiger partial charge in [0.1, 0.15) is 5.69 Å². The van der Waals surface area contributed by atoms with E-state index in [2.05, 4.69) is 10.2 Å². The molecule has 0 radical (unpaired) electrons. The monoisotopic (exact) mass is 338 g/mol. The second kappa shape index (κ2) is 6.53. The van der Waals surface area contributed by atoms with Crippen LogP contribution in [0.15, 0.2) is 12.3 Å². The molecule has 0 bridgehead atoms. The third-order valence-electron chi connectivity index (χ3n) is 4.91. The summed E-state index contributed by atoms with van der Waals surface area (Å²) in [5, 5.41) is 3.65. The first-order valence-corrected chi connectivity index (χ1v) is 8.45. The highest BCUT2D eigenvalue weighted by atomic mass is 35.5. The number of carbonyl (C=O) groups is 2. The van der Waals surface area contributed by atoms with Gasteiger partial charge < -0.3 is 14.8 Å². The second-order valence-electron chi connectivity index (χ2n) is 6.50. The van der Waals surface area contributed by atoms with Gasteiger partial charge in [0.15, 0.2) is 0 Å². The fourth-order valence-electron chi connectivity index (χ4n) is 3.51. The van der Waals surface area contributed by atoms with Gasteiger partial charge in [0, 0.05) is 46.0 Å². The van der Waals surface area contributed by atoms with Gasteiger partial charge in [-0.2, -0.15) is 0 Å². The molecule has 0 unspecified atom stereocenters. The molecule has 2 saturated heterocycles. The zero-order chi connectivity index (χ0) is 16.6. The molecule has 0 saturated carbocycles. The molecule has 0 spiro atoms. The molecule has 2 aliphatic heterocycles. The number of hydrogen-bond acceptors (Lipinski definition) is 3. The molecular formula is C16H23ClN4O2. The number of likely N-dealkylation sites (tertiary alicyclic amines) is 2. The first kappa shape index (κ1) is 16.3. The standard InChI is InChI=1S/C16H23ClN4O2/c1-19-6-5-13(16(19)23)21-7-3-12(4-8-21)18-15(22)14-9-11(17)10-20(14)2/h9-10,12-13H,3-8H2,1-2H3,(H,18,22)/t13-/m0/s1. The van der Waals surface area contributed by atoms with Crippen molar-refractivity contribution >= 4 is 23.4 Å². The van der Waals surface area contributed by atoms with E-state index in [0.29, 0.717) is 10.7 Å². The van der Waals surface area contributed by atoms with E-state index in [-0.39, 0.29) is 23.9 Å². The van der Waals surface area contributed by atoms with Crippen molar-refractivity contribution < 1.29 is 9.59 Å². The number of hydrogen-bond donors (Lipinski definition) is 1. The van der Waals surface area contributed by atoms with Crippen LogP contribution in [0, 0.1) is 0 Å². The number of piperidine rings is 1. The summed E-state index contributed by atoms with van der Waals surface area (Å²) in [5.74, 6) is 0.139. The highest BCUT2D eigenvalue weighted by Gasteiger charge is 2.35. The van der Waals surface area contributed by atoms with E-state index < -0.39 is 0 Å². The highest BCUT2D eigenvalue weighted by molar-refractivity contribution is 6.31. The van der Waals surface area contributed by atoms with Gasteiger partial charge in [-0.15, -0.1) is 0 Å².